The van der Waals surface area contributed by atoms with Crippen LogP contribution < -0.4 is 5.32 Å². The lowest BCUT2D eigenvalue weighted by atomic mass is 10.2. The van der Waals surface area contributed by atoms with Gasteiger partial charge in [-0.25, -0.2) is 4.98 Å². The minimum absolute atomic E-state index is 0.218. The Kier molecular flexibility index (Phi) is 5.45. The van der Waals surface area contributed by atoms with Gasteiger partial charge in [-0.05, 0) is 33.2 Å². The van der Waals surface area contributed by atoms with Gasteiger partial charge in [0.05, 0.1) is 18.0 Å². The fourth-order valence-corrected chi connectivity index (χ4v) is 3.40. The second-order valence-corrected chi connectivity index (χ2v) is 6.99. The van der Waals surface area contributed by atoms with Crippen LogP contribution in [0, 0.1) is 6.92 Å². The van der Waals surface area contributed by atoms with Gasteiger partial charge in [-0.3, -0.25) is 4.90 Å². The molecular weight excluding hydrogens is 318 g/mol. The molecule has 0 fully saturated rings. The van der Waals surface area contributed by atoms with Crippen LogP contribution in [-0.4, -0.2) is 30.5 Å². The molecule has 3 aromatic rings. The third-order valence-corrected chi connectivity index (χ3v) is 4.93. The van der Waals surface area contributed by atoms with Gasteiger partial charge in [0.1, 0.15) is 10.8 Å². The molecule has 0 aliphatic rings. The first kappa shape index (κ1) is 16.9. The van der Waals surface area contributed by atoms with E-state index in [1.807, 2.05) is 12.1 Å². The van der Waals surface area contributed by atoms with E-state index in [-0.39, 0.29) is 6.04 Å². The quantitative estimate of drug-likeness (QED) is 0.702. The number of rotatable bonds is 7. The first-order valence-electron chi connectivity index (χ1n) is 8.05. The van der Waals surface area contributed by atoms with E-state index < -0.39 is 0 Å². The van der Waals surface area contributed by atoms with Gasteiger partial charge in [0, 0.05) is 24.0 Å². The largest absolute Gasteiger partial charge is 0.468 e. The summed E-state index contributed by atoms with van der Waals surface area (Å²) >= 11 is 1.69. The monoisotopic (exact) mass is 341 g/mol. The van der Waals surface area contributed by atoms with Crippen molar-refractivity contribution in [2.75, 3.05) is 20.6 Å². The zero-order valence-electron chi connectivity index (χ0n) is 14.3. The highest BCUT2D eigenvalue weighted by Gasteiger charge is 2.16. The summed E-state index contributed by atoms with van der Waals surface area (Å²) in [6.45, 7) is 3.67. The minimum Gasteiger partial charge on any atom is -0.468 e. The Morgan fingerprint density at radius 1 is 1.21 bits per heavy atom. The van der Waals surface area contributed by atoms with Crippen molar-refractivity contribution in [2.24, 2.45) is 0 Å². The van der Waals surface area contributed by atoms with Gasteiger partial charge in [0.15, 0.2) is 0 Å². The van der Waals surface area contributed by atoms with Crippen LogP contribution in [0.5, 0.6) is 0 Å². The first-order valence-corrected chi connectivity index (χ1v) is 8.93. The number of nitrogens with one attached hydrogen (secondary N) is 1. The molecule has 1 unspecified atom stereocenters. The number of hydrogen-bond donors (Lipinski definition) is 1. The van der Waals surface area contributed by atoms with E-state index in [1.54, 1.807) is 17.6 Å². The molecule has 2 heterocycles. The molecule has 0 aliphatic carbocycles. The maximum absolute atomic E-state index is 5.54. The number of likely N-dealkylation sites (N-methyl/N-ethyl adjacent to an activating group) is 1. The zero-order valence-corrected chi connectivity index (χ0v) is 15.1. The Bertz CT molecular complexity index is 747. The van der Waals surface area contributed by atoms with Crippen LogP contribution in [0.15, 0.2) is 52.5 Å². The standard InChI is InChI=1S/C19H23N3OS/c1-14-6-8-15(9-7-14)19-21-16(13-24-19)11-20-12-17(22(2)3)18-5-4-10-23-18/h4-10,13,17,20H,11-12H2,1-3H3. The lowest BCUT2D eigenvalue weighted by Crippen LogP contribution is -2.30. The predicted octanol–water partition coefficient (Wildman–Crippen LogP) is 4.10. The van der Waals surface area contributed by atoms with E-state index in [1.165, 1.54) is 11.1 Å². The van der Waals surface area contributed by atoms with Gasteiger partial charge in [-0.2, -0.15) is 0 Å². The lowest BCUT2D eigenvalue weighted by Gasteiger charge is -2.22. The highest BCUT2D eigenvalue weighted by atomic mass is 32.1. The summed E-state index contributed by atoms with van der Waals surface area (Å²) in [7, 11) is 4.13. The SMILES string of the molecule is Cc1ccc(-c2nc(CNCC(c3ccco3)N(C)C)cs2)cc1. The zero-order chi connectivity index (χ0) is 16.9. The molecule has 0 aliphatic heterocycles. The van der Waals surface area contributed by atoms with Crippen LogP contribution >= 0.6 is 11.3 Å². The Hall–Kier alpha value is -1.95. The normalized spacial score (nSPS) is 12.7. The average molecular weight is 341 g/mol. The van der Waals surface area contributed by atoms with E-state index in [4.69, 9.17) is 9.40 Å². The van der Waals surface area contributed by atoms with Crippen molar-refractivity contribution in [3.05, 3.63) is 65.1 Å². The minimum atomic E-state index is 0.218. The number of aryl methyl sites for hydroxylation is 1. The number of nitrogens with zero attached hydrogens (tertiary/aromatic N) is 2. The second-order valence-electron chi connectivity index (χ2n) is 6.14. The number of thiazole rings is 1. The summed E-state index contributed by atoms with van der Waals surface area (Å²) in [5, 5.41) is 6.68. The molecule has 1 N–H and O–H groups in total. The van der Waals surface area contributed by atoms with Crippen LogP contribution in [0.2, 0.25) is 0 Å². The molecule has 3 rings (SSSR count). The molecule has 1 atom stereocenters. The van der Waals surface area contributed by atoms with E-state index in [0.29, 0.717) is 0 Å². The van der Waals surface area contributed by atoms with E-state index in [0.717, 1.165) is 29.6 Å². The smallest absolute Gasteiger partial charge is 0.123 e. The fourth-order valence-electron chi connectivity index (χ4n) is 2.57. The number of furan rings is 1. The van der Waals surface area contributed by atoms with Gasteiger partial charge >= 0.3 is 0 Å². The highest BCUT2D eigenvalue weighted by Crippen LogP contribution is 2.24. The average Bonchev–Trinajstić information content (AvgIpc) is 3.24. The summed E-state index contributed by atoms with van der Waals surface area (Å²) in [6, 6.07) is 12.7. The summed E-state index contributed by atoms with van der Waals surface area (Å²) in [4.78, 5) is 6.89. The lowest BCUT2D eigenvalue weighted by molar-refractivity contribution is 0.250. The Balaban J connectivity index is 1.58. The molecule has 4 nitrogen and oxygen atoms in total. The van der Waals surface area contributed by atoms with Gasteiger partial charge in [-0.15, -0.1) is 11.3 Å². The Morgan fingerprint density at radius 2 is 2.00 bits per heavy atom. The third kappa shape index (κ3) is 4.12. The van der Waals surface area contributed by atoms with Gasteiger partial charge in [0.2, 0.25) is 0 Å². The highest BCUT2D eigenvalue weighted by molar-refractivity contribution is 7.13. The molecular formula is C19H23N3OS. The van der Waals surface area contributed by atoms with Crippen LogP contribution in [0.1, 0.15) is 23.1 Å². The fraction of sp³-hybridized carbons (Fsp3) is 0.316. The van der Waals surface area contributed by atoms with Crippen LogP contribution in [0.25, 0.3) is 10.6 Å². The van der Waals surface area contributed by atoms with Crippen molar-refractivity contribution in [1.29, 1.82) is 0 Å². The molecule has 0 saturated heterocycles. The summed E-state index contributed by atoms with van der Waals surface area (Å²) in [5.74, 6) is 0.978. The Morgan fingerprint density at radius 3 is 2.67 bits per heavy atom. The Labute approximate surface area is 147 Å². The van der Waals surface area contributed by atoms with Gasteiger partial charge in [-0.1, -0.05) is 29.8 Å². The summed E-state index contributed by atoms with van der Waals surface area (Å²) < 4.78 is 5.54. The van der Waals surface area contributed by atoms with Crippen LogP contribution in [0.3, 0.4) is 0 Å². The molecule has 2 aromatic heterocycles. The molecule has 0 saturated carbocycles. The maximum Gasteiger partial charge on any atom is 0.123 e. The third-order valence-electron chi connectivity index (χ3n) is 3.99. The molecule has 0 bridgehead atoms. The van der Waals surface area contributed by atoms with Crippen molar-refractivity contribution in [3.8, 4) is 10.6 Å². The molecule has 0 radical (unpaired) electrons. The van der Waals surface area contributed by atoms with Crippen molar-refractivity contribution in [3.63, 3.8) is 0 Å². The first-order chi connectivity index (χ1) is 11.6. The molecule has 0 amide bonds. The number of hydrogen-bond acceptors (Lipinski definition) is 5. The number of aromatic nitrogens is 1. The van der Waals surface area contributed by atoms with Gasteiger partial charge < -0.3 is 9.73 Å². The molecule has 24 heavy (non-hydrogen) atoms. The van der Waals surface area contributed by atoms with Crippen LogP contribution in [-0.2, 0) is 6.54 Å². The van der Waals surface area contributed by atoms with Gasteiger partial charge in [0.25, 0.3) is 0 Å². The van der Waals surface area contributed by atoms with E-state index in [9.17, 15) is 0 Å². The van der Waals surface area contributed by atoms with Crippen molar-refractivity contribution in [2.45, 2.75) is 19.5 Å². The van der Waals surface area contributed by atoms with Crippen molar-refractivity contribution in [1.82, 2.24) is 15.2 Å². The van der Waals surface area contributed by atoms with Crippen molar-refractivity contribution < 1.29 is 4.42 Å². The molecule has 0 spiro atoms. The van der Waals surface area contributed by atoms with Crippen LogP contribution in [0.4, 0.5) is 0 Å². The summed E-state index contributed by atoms with van der Waals surface area (Å²) in [6.07, 6.45) is 1.72. The molecule has 1 aromatic carbocycles. The summed E-state index contributed by atoms with van der Waals surface area (Å²) in [5.41, 5.74) is 3.52. The maximum atomic E-state index is 5.54. The van der Waals surface area contributed by atoms with E-state index in [2.05, 4.69) is 60.9 Å². The number of benzene rings is 1. The topological polar surface area (TPSA) is 41.3 Å². The predicted molar refractivity (Wildman–Crippen MR) is 99.1 cm³/mol. The second kappa shape index (κ2) is 7.75. The van der Waals surface area contributed by atoms with Crippen molar-refractivity contribution >= 4 is 11.3 Å². The molecule has 126 valence electrons. The van der Waals surface area contributed by atoms with E-state index >= 15 is 0 Å². The molecule has 5 heteroatoms.